The number of carbonyl (C=O) groups excluding carboxylic acids is 2. The molecule has 2 fully saturated rings. The zero-order valence-electron chi connectivity index (χ0n) is 12.3. The Morgan fingerprint density at radius 3 is 2.19 bits per heavy atom. The molecule has 1 saturated heterocycles. The van der Waals surface area contributed by atoms with Gasteiger partial charge in [-0.1, -0.05) is 0 Å². The van der Waals surface area contributed by atoms with E-state index in [1.807, 2.05) is 0 Å². The fourth-order valence-corrected chi connectivity index (χ4v) is 2.90. The maximum atomic E-state index is 12.0. The number of nitrogens with zero attached hydrogens (tertiary/aromatic N) is 1. The van der Waals surface area contributed by atoms with Crippen LogP contribution < -0.4 is 10.6 Å². The van der Waals surface area contributed by atoms with Crippen LogP contribution in [0.4, 0.5) is 11.4 Å². The van der Waals surface area contributed by atoms with Gasteiger partial charge in [0.25, 0.3) is 0 Å². The molecule has 1 unspecified atom stereocenters. The number of hydrogen-bond acceptors (Lipinski definition) is 3. The lowest BCUT2D eigenvalue weighted by atomic mass is 9.98. The predicted octanol–water partition coefficient (Wildman–Crippen LogP) is 2.07. The van der Waals surface area contributed by atoms with Gasteiger partial charge >= 0.3 is 0 Å². The minimum atomic E-state index is -0.101. The number of carbonyl (C=O) groups is 2. The average molecular weight is 287 g/mol. The molecule has 1 atom stereocenters. The molecule has 5 nitrogen and oxygen atoms in total. The van der Waals surface area contributed by atoms with Crippen LogP contribution in [0.1, 0.15) is 26.2 Å². The molecule has 2 aliphatic rings. The van der Waals surface area contributed by atoms with Gasteiger partial charge in [-0.25, -0.2) is 0 Å². The van der Waals surface area contributed by atoms with Gasteiger partial charge in [0, 0.05) is 30.9 Å². The van der Waals surface area contributed by atoms with Crippen molar-refractivity contribution >= 4 is 23.2 Å². The van der Waals surface area contributed by atoms with Crippen molar-refractivity contribution in [1.29, 1.82) is 0 Å². The zero-order valence-corrected chi connectivity index (χ0v) is 12.3. The number of anilines is 2. The molecule has 21 heavy (non-hydrogen) atoms. The summed E-state index contributed by atoms with van der Waals surface area (Å²) in [4.78, 5) is 25.3. The van der Waals surface area contributed by atoms with Crippen LogP contribution in [0.25, 0.3) is 0 Å². The monoisotopic (exact) mass is 287 g/mol. The Hall–Kier alpha value is -1.88. The van der Waals surface area contributed by atoms with Crippen molar-refractivity contribution in [3.63, 3.8) is 0 Å². The van der Waals surface area contributed by atoms with Crippen molar-refractivity contribution in [2.75, 3.05) is 23.7 Å². The number of benzene rings is 1. The Balaban J connectivity index is 1.49. The van der Waals surface area contributed by atoms with E-state index >= 15 is 0 Å². The third-order valence-electron chi connectivity index (χ3n) is 4.18. The number of likely N-dealkylation sites (tertiary alicyclic amines) is 1. The van der Waals surface area contributed by atoms with Gasteiger partial charge in [-0.2, -0.15) is 0 Å². The molecule has 1 aromatic carbocycles. The molecule has 0 radical (unpaired) electrons. The standard InChI is InChI=1S/C16H21N3O2/c1-11(20)17-13-4-6-14(7-5-13)18-16(21)10-19-9-8-15(19)12-2-3-12/h4-7,12,15H,2-3,8-10H2,1H3,(H,17,20)(H,18,21). The summed E-state index contributed by atoms with van der Waals surface area (Å²) in [5.41, 5.74) is 1.50. The average Bonchev–Trinajstić information content (AvgIpc) is 3.21. The topological polar surface area (TPSA) is 61.4 Å². The van der Waals surface area contributed by atoms with E-state index in [2.05, 4.69) is 15.5 Å². The molecule has 0 spiro atoms. The van der Waals surface area contributed by atoms with Crippen LogP contribution in [0, 0.1) is 5.92 Å². The van der Waals surface area contributed by atoms with E-state index in [4.69, 9.17) is 0 Å². The lowest BCUT2D eigenvalue weighted by Crippen LogP contribution is -2.51. The van der Waals surface area contributed by atoms with Crippen LogP contribution >= 0.6 is 0 Å². The quantitative estimate of drug-likeness (QED) is 0.871. The fourth-order valence-electron chi connectivity index (χ4n) is 2.90. The normalized spacial score (nSPS) is 21.5. The first-order valence-electron chi connectivity index (χ1n) is 7.53. The van der Waals surface area contributed by atoms with E-state index in [0.29, 0.717) is 12.6 Å². The van der Waals surface area contributed by atoms with Gasteiger partial charge in [-0.3, -0.25) is 14.5 Å². The largest absolute Gasteiger partial charge is 0.326 e. The maximum absolute atomic E-state index is 12.0. The fraction of sp³-hybridized carbons (Fsp3) is 0.500. The lowest BCUT2D eigenvalue weighted by molar-refractivity contribution is -0.119. The Bertz CT molecular complexity index is 537. The van der Waals surface area contributed by atoms with Gasteiger partial charge in [0.15, 0.2) is 0 Å². The van der Waals surface area contributed by atoms with Gasteiger partial charge in [-0.15, -0.1) is 0 Å². The van der Waals surface area contributed by atoms with Crippen LogP contribution in [0.15, 0.2) is 24.3 Å². The lowest BCUT2D eigenvalue weighted by Gasteiger charge is -2.40. The van der Waals surface area contributed by atoms with Crippen molar-refractivity contribution in [2.45, 2.75) is 32.2 Å². The SMILES string of the molecule is CC(=O)Nc1ccc(NC(=O)CN2CCC2C2CC2)cc1. The summed E-state index contributed by atoms with van der Waals surface area (Å²) in [5, 5.41) is 5.61. The summed E-state index contributed by atoms with van der Waals surface area (Å²) < 4.78 is 0. The van der Waals surface area contributed by atoms with Crippen molar-refractivity contribution in [3.05, 3.63) is 24.3 Å². The summed E-state index contributed by atoms with van der Waals surface area (Å²) in [7, 11) is 0. The highest BCUT2D eigenvalue weighted by atomic mass is 16.2. The number of nitrogens with one attached hydrogen (secondary N) is 2. The highest BCUT2D eigenvalue weighted by Gasteiger charge is 2.40. The summed E-state index contributed by atoms with van der Waals surface area (Å²) in [5.74, 6) is 0.770. The number of amides is 2. The van der Waals surface area contributed by atoms with Crippen LogP contribution in [0.5, 0.6) is 0 Å². The van der Waals surface area contributed by atoms with Gasteiger partial charge in [0.2, 0.25) is 11.8 Å². The van der Waals surface area contributed by atoms with Gasteiger partial charge < -0.3 is 10.6 Å². The maximum Gasteiger partial charge on any atom is 0.238 e. The highest BCUT2D eigenvalue weighted by molar-refractivity contribution is 5.93. The molecular weight excluding hydrogens is 266 g/mol. The molecule has 0 bridgehead atoms. The first-order valence-corrected chi connectivity index (χ1v) is 7.53. The van der Waals surface area contributed by atoms with E-state index in [1.165, 1.54) is 26.2 Å². The molecule has 112 valence electrons. The Labute approximate surface area is 124 Å². The Kier molecular flexibility index (Phi) is 3.92. The second-order valence-corrected chi connectivity index (χ2v) is 5.97. The molecule has 1 aliphatic carbocycles. The first kappa shape index (κ1) is 14.1. The van der Waals surface area contributed by atoms with Crippen LogP contribution in [0.2, 0.25) is 0 Å². The van der Waals surface area contributed by atoms with Crippen molar-refractivity contribution in [3.8, 4) is 0 Å². The summed E-state index contributed by atoms with van der Waals surface area (Å²) in [6.45, 7) is 2.99. The van der Waals surface area contributed by atoms with E-state index in [-0.39, 0.29) is 11.8 Å². The molecule has 5 heteroatoms. The molecule has 1 saturated carbocycles. The first-order chi connectivity index (χ1) is 10.1. The van der Waals surface area contributed by atoms with Crippen LogP contribution in [0.3, 0.4) is 0 Å². The van der Waals surface area contributed by atoms with Crippen molar-refractivity contribution in [1.82, 2.24) is 4.90 Å². The molecule has 0 aromatic heterocycles. The van der Waals surface area contributed by atoms with Gasteiger partial charge in [-0.05, 0) is 49.4 Å². The van der Waals surface area contributed by atoms with E-state index in [9.17, 15) is 9.59 Å². The van der Waals surface area contributed by atoms with Crippen LogP contribution in [-0.4, -0.2) is 35.8 Å². The molecule has 1 aliphatic heterocycles. The van der Waals surface area contributed by atoms with Gasteiger partial charge in [0.05, 0.1) is 6.54 Å². The van der Waals surface area contributed by atoms with Crippen LogP contribution in [-0.2, 0) is 9.59 Å². The summed E-state index contributed by atoms with van der Waals surface area (Å²) in [6.07, 6.45) is 3.89. The molecule has 2 amide bonds. The van der Waals surface area contributed by atoms with Crippen molar-refractivity contribution < 1.29 is 9.59 Å². The second-order valence-electron chi connectivity index (χ2n) is 5.97. The molecule has 1 aromatic rings. The predicted molar refractivity (Wildman–Crippen MR) is 82.1 cm³/mol. The third kappa shape index (κ3) is 3.61. The molecule has 2 N–H and O–H groups in total. The zero-order chi connectivity index (χ0) is 14.8. The van der Waals surface area contributed by atoms with E-state index in [0.717, 1.165) is 23.8 Å². The number of hydrogen-bond donors (Lipinski definition) is 2. The molecule has 3 rings (SSSR count). The van der Waals surface area contributed by atoms with E-state index < -0.39 is 0 Å². The Morgan fingerprint density at radius 1 is 1.10 bits per heavy atom. The van der Waals surface area contributed by atoms with E-state index in [1.54, 1.807) is 24.3 Å². The molecule has 1 heterocycles. The highest BCUT2D eigenvalue weighted by Crippen LogP contribution is 2.40. The minimum absolute atomic E-state index is 0.0348. The smallest absolute Gasteiger partial charge is 0.238 e. The van der Waals surface area contributed by atoms with Gasteiger partial charge in [0.1, 0.15) is 0 Å². The summed E-state index contributed by atoms with van der Waals surface area (Å²) in [6, 6.07) is 7.81. The third-order valence-corrected chi connectivity index (χ3v) is 4.18. The minimum Gasteiger partial charge on any atom is -0.326 e. The second kappa shape index (κ2) is 5.85. The number of rotatable bonds is 5. The van der Waals surface area contributed by atoms with Crippen molar-refractivity contribution in [2.24, 2.45) is 5.92 Å². The summed E-state index contributed by atoms with van der Waals surface area (Å²) >= 11 is 0. The Morgan fingerprint density at radius 2 is 1.71 bits per heavy atom. The molecular formula is C16H21N3O2.